The Morgan fingerprint density at radius 2 is 1.90 bits per heavy atom. The third-order valence-corrected chi connectivity index (χ3v) is 2.83. The number of nitrogens with one attached hydrogen (secondary N) is 2. The third kappa shape index (κ3) is 4.76. The fourth-order valence-corrected chi connectivity index (χ4v) is 1.99. The van der Waals surface area contributed by atoms with Crippen molar-refractivity contribution in [3.8, 4) is 0 Å². The van der Waals surface area contributed by atoms with Crippen LogP contribution in [-0.2, 0) is 0 Å². The van der Waals surface area contributed by atoms with Crippen LogP contribution < -0.4 is 10.6 Å². The summed E-state index contributed by atoms with van der Waals surface area (Å²) in [6.45, 7) is 6.19. The first-order valence-corrected chi connectivity index (χ1v) is 7.02. The fourth-order valence-electron chi connectivity index (χ4n) is 1.80. The first-order valence-electron chi connectivity index (χ1n) is 6.65. The molecular formula is C16H18ClN3O. The number of carbonyl (C=O) groups excluding carboxylic acids is 1. The molecule has 0 saturated heterocycles. The van der Waals surface area contributed by atoms with Crippen molar-refractivity contribution in [3.05, 3.63) is 53.3 Å². The van der Waals surface area contributed by atoms with Gasteiger partial charge in [0.15, 0.2) is 0 Å². The standard InChI is InChI=1S/C16H18ClN3O/c1-16(2,3)20-13-7-8-14(18-10-13)15(21)19-12-6-4-5-11(17)9-12/h4-10,20H,1-3H3,(H,19,21). The van der Waals surface area contributed by atoms with Gasteiger partial charge in [-0.3, -0.25) is 4.79 Å². The molecule has 2 N–H and O–H groups in total. The van der Waals surface area contributed by atoms with Gasteiger partial charge in [0, 0.05) is 16.2 Å². The summed E-state index contributed by atoms with van der Waals surface area (Å²) in [5, 5.41) is 6.63. The van der Waals surface area contributed by atoms with Gasteiger partial charge in [-0.15, -0.1) is 0 Å². The van der Waals surface area contributed by atoms with Crippen molar-refractivity contribution in [2.24, 2.45) is 0 Å². The van der Waals surface area contributed by atoms with E-state index in [9.17, 15) is 4.79 Å². The van der Waals surface area contributed by atoms with Crippen LogP contribution in [0.3, 0.4) is 0 Å². The van der Waals surface area contributed by atoms with Crippen LogP contribution >= 0.6 is 11.6 Å². The van der Waals surface area contributed by atoms with Gasteiger partial charge in [0.2, 0.25) is 0 Å². The number of aromatic nitrogens is 1. The molecule has 21 heavy (non-hydrogen) atoms. The summed E-state index contributed by atoms with van der Waals surface area (Å²) in [4.78, 5) is 16.3. The summed E-state index contributed by atoms with van der Waals surface area (Å²) in [5.74, 6) is -0.264. The largest absolute Gasteiger partial charge is 0.379 e. The predicted octanol–water partition coefficient (Wildman–Crippen LogP) is 4.20. The molecule has 0 saturated carbocycles. The molecule has 2 rings (SSSR count). The lowest BCUT2D eigenvalue weighted by atomic mass is 10.1. The van der Waals surface area contributed by atoms with E-state index in [4.69, 9.17) is 11.6 Å². The molecule has 0 atom stereocenters. The first-order chi connectivity index (χ1) is 9.83. The van der Waals surface area contributed by atoms with E-state index in [1.54, 1.807) is 36.5 Å². The van der Waals surface area contributed by atoms with Crippen LogP contribution in [0.15, 0.2) is 42.6 Å². The van der Waals surface area contributed by atoms with E-state index >= 15 is 0 Å². The van der Waals surface area contributed by atoms with E-state index < -0.39 is 0 Å². The summed E-state index contributed by atoms with van der Waals surface area (Å²) in [6.07, 6.45) is 1.65. The number of amides is 1. The number of halogens is 1. The molecule has 1 aromatic heterocycles. The van der Waals surface area contributed by atoms with Crippen molar-refractivity contribution in [2.75, 3.05) is 10.6 Å². The minimum Gasteiger partial charge on any atom is -0.379 e. The summed E-state index contributed by atoms with van der Waals surface area (Å²) in [7, 11) is 0. The molecule has 0 aliphatic heterocycles. The first kappa shape index (κ1) is 15.3. The van der Waals surface area contributed by atoms with Gasteiger partial charge in [-0.2, -0.15) is 0 Å². The maximum Gasteiger partial charge on any atom is 0.274 e. The van der Waals surface area contributed by atoms with E-state index in [2.05, 4.69) is 36.4 Å². The molecular weight excluding hydrogens is 286 g/mol. The minimum absolute atomic E-state index is 0.0494. The molecule has 1 heterocycles. The number of nitrogens with zero attached hydrogens (tertiary/aromatic N) is 1. The Bertz CT molecular complexity index is 633. The summed E-state index contributed by atoms with van der Waals surface area (Å²) in [6, 6.07) is 10.5. The van der Waals surface area contributed by atoms with Crippen LogP contribution in [0.4, 0.5) is 11.4 Å². The van der Waals surface area contributed by atoms with Crippen LogP contribution in [0.1, 0.15) is 31.3 Å². The van der Waals surface area contributed by atoms with E-state index in [1.165, 1.54) is 0 Å². The molecule has 1 amide bonds. The number of benzene rings is 1. The van der Waals surface area contributed by atoms with Gasteiger partial charge in [0.25, 0.3) is 5.91 Å². The smallest absolute Gasteiger partial charge is 0.274 e. The molecule has 1 aromatic carbocycles. The molecule has 110 valence electrons. The molecule has 0 unspecified atom stereocenters. The maximum absolute atomic E-state index is 12.1. The number of hydrogen-bond donors (Lipinski definition) is 2. The van der Waals surface area contributed by atoms with E-state index in [0.717, 1.165) is 5.69 Å². The molecule has 0 fully saturated rings. The molecule has 0 spiro atoms. The third-order valence-electron chi connectivity index (χ3n) is 2.60. The second kappa shape index (κ2) is 6.14. The van der Waals surface area contributed by atoms with E-state index in [1.807, 2.05) is 6.07 Å². The van der Waals surface area contributed by atoms with Crippen molar-refractivity contribution >= 4 is 28.9 Å². The average Bonchev–Trinajstić information content (AvgIpc) is 2.37. The van der Waals surface area contributed by atoms with E-state index in [0.29, 0.717) is 16.4 Å². The quantitative estimate of drug-likeness (QED) is 0.893. The summed E-state index contributed by atoms with van der Waals surface area (Å²) < 4.78 is 0. The normalized spacial score (nSPS) is 11.0. The zero-order valence-corrected chi connectivity index (χ0v) is 13.0. The van der Waals surface area contributed by atoms with Gasteiger partial charge in [0.1, 0.15) is 5.69 Å². The van der Waals surface area contributed by atoms with Crippen LogP contribution in [0.5, 0.6) is 0 Å². The molecule has 0 bridgehead atoms. The van der Waals surface area contributed by atoms with Gasteiger partial charge in [-0.1, -0.05) is 17.7 Å². The lowest BCUT2D eigenvalue weighted by Gasteiger charge is -2.21. The lowest BCUT2D eigenvalue weighted by molar-refractivity contribution is 0.102. The maximum atomic E-state index is 12.1. The highest BCUT2D eigenvalue weighted by Crippen LogP contribution is 2.17. The van der Waals surface area contributed by atoms with Crippen LogP contribution in [-0.4, -0.2) is 16.4 Å². The number of pyridine rings is 1. The molecule has 0 aliphatic rings. The van der Waals surface area contributed by atoms with Crippen molar-refractivity contribution in [1.82, 2.24) is 4.98 Å². The lowest BCUT2D eigenvalue weighted by Crippen LogP contribution is -2.26. The average molecular weight is 304 g/mol. The Labute approximate surface area is 129 Å². The number of hydrogen-bond acceptors (Lipinski definition) is 3. The Morgan fingerprint density at radius 3 is 2.48 bits per heavy atom. The molecule has 0 aliphatic carbocycles. The van der Waals surface area contributed by atoms with Gasteiger partial charge < -0.3 is 10.6 Å². The molecule has 2 aromatic rings. The monoisotopic (exact) mass is 303 g/mol. The Morgan fingerprint density at radius 1 is 1.14 bits per heavy atom. The zero-order valence-electron chi connectivity index (χ0n) is 12.3. The minimum atomic E-state index is -0.264. The van der Waals surface area contributed by atoms with Gasteiger partial charge in [-0.25, -0.2) is 4.98 Å². The zero-order chi connectivity index (χ0) is 15.5. The second-order valence-corrected chi connectivity index (χ2v) is 6.21. The van der Waals surface area contributed by atoms with Crippen LogP contribution in [0.2, 0.25) is 5.02 Å². The predicted molar refractivity (Wildman–Crippen MR) is 87.0 cm³/mol. The molecule has 5 heteroatoms. The highest BCUT2D eigenvalue weighted by atomic mass is 35.5. The summed E-state index contributed by atoms with van der Waals surface area (Å²) >= 11 is 5.88. The van der Waals surface area contributed by atoms with Crippen molar-refractivity contribution < 1.29 is 4.79 Å². The Hall–Kier alpha value is -2.07. The Balaban J connectivity index is 2.06. The van der Waals surface area contributed by atoms with Gasteiger partial charge >= 0.3 is 0 Å². The topological polar surface area (TPSA) is 54.0 Å². The van der Waals surface area contributed by atoms with Crippen molar-refractivity contribution in [1.29, 1.82) is 0 Å². The van der Waals surface area contributed by atoms with Crippen LogP contribution in [0, 0.1) is 0 Å². The number of rotatable bonds is 3. The summed E-state index contributed by atoms with van der Waals surface area (Å²) in [5.41, 5.74) is 1.83. The Kier molecular flexibility index (Phi) is 4.48. The SMILES string of the molecule is CC(C)(C)Nc1ccc(C(=O)Nc2cccc(Cl)c2)nc1. The van der Waals surface area contributed by atoms with Crippen molar-refractivity contribution in [2.45, 2.75) is 26.3 Å². The van der Waals surface area contributed by atoms with E-state index in [-0.39, 0.29) is 11.4 Å². The number of carbonyl (C=O) groups is 1. The second-order valence-electron chi connectivity index (χ2n) is 5.77. The van der Waals surface area contributed by atoms with Crippen LogP contribution in [0.25, 0.3) is 0 Å². The number of anilines is 2. The molecule has 0 radical (unpaired) electrons. The van der Waals surface area contributed by atoms with Crippen molar-refractivity contribution in [3.63, 3.8) is 0 Å². The fraction of sp³-hybridized carbons (Fsp3) is 0.250. The van der Waals surface area contributed by atoms with Gasteiger partial charge in [0.05, 0.1) is 11.9 Å². The highest BCUT2D eigenvalue weighted by molar-refractivity contribution is 6.30. The highest BCUT2D eigenvalue weighted by Gasteiger charge is 2.11. The molecule has 4 nitrogen and oxygen atoms in total. The van der Waals surface area contributed by atoms with Gasteiger partial charge in [-0.05, 0) is 51.1 Å².